The Morgan fingerprint density at radius 1 is 0.491 bits per heavy atom. The SMILES string of the molecule is CCCCCCCCCCCCCCCCCC(=O)N[C@@H](CO)[C@H](OC(=O)c1ccccc1)[C@@H](CCCCCCCCCCCCCC)OC(=O)c1ccccc1. The van der Waals surface area contributed by atoms with Crippen LogP contribution in [0.3, 0.4) is 0 Å². The summed E-state index contributed by atoms with van der Waals surface area (Å²) in [7, 11) is 0. The van der Waals surface area contributed by atoms with Crippen LogP contribution in [0.15, 0.2) is 60.7 Å². The molecule has 2 N–H and O–H groups in total. The summed E-state index contributed by atoms with van der Waals surface area (Å²) in [6, 6.07) is 16.5. The Hall–Kier alpha value is -3.19. The summed E-state index contributed by atoms with van der Waals surface area (Å²) >= 11 is 0. The first-order chi connectivity index (χ1) is 28.0. The number of esters is 2. The summed E-state index contributed by atoms with van der Waals surface area (Å²) < 4.78 is 12.2. The summed E-state index contributed by atoms with van der Waals surface area (Å²) in [5.74, 6) is -1.32. The van der Waals surface area contributed by atoms with Crippen molar-refractivity contribution in [2.24, 2.45) is 0 Å². The van der Waals surface area contributed by atoms with Gasteiger partial charge in [-0.3, -0.25) is 4.79 Å². The molecule has 0 radical (unpaired) electrons. The highest BCUT2D eigenvalue weighted by atomic mass is 16.6. The van der Waals surface area contributed by atoms with Gasteiger partial charge in [-0.25, -0.2) is 9.59 Å². The van der Waals surface area contributed by atoms with Crippen LogP contribution >= 0.6 is 0 Å². The fraction of sp³-hybridized carbons (Fsp3) is 0.700. The monoisotopic (exact) mass is 792 g/mol. The van der Waals surface area contributed by atoms with E-state index < -0.39 is 36.8 Å². The van der Waals surface area contributed by atoms with E-state index in [4.69, 9.17) is 9.47 Å². The number of hydrogen-bond acceptors (Lipinski definition) is 6. The maximum Gasteiger partial charge on any atom is 0.338 e. The fourth-order valence-corrected chi connectivity index (χ4v) is 7.61. The van der Waals surface area contributed by atoms with Crippen molar-refractivity contribution in [3.05, 3.63) is 71.8 Å². The Bertz CT molecular complexity index is 1250. The summed E-state index contributed by atoms with van der Waals surface area (Å²) in [6.07, 6.45) is 31.9. The topological polar surface area (TPSA) is 102 Å². The van der Waals surface area contributed by atoms with E-state index in [1.165, 1.54) is 128 Å². The second-order valence-corrected chi connectivity index (χ2v) is 16.3. The van der Waals surface area contributed by atoms with Gasteiger partial charge in [0, 0.05) is 6.42 Å². The van der Waals surface area contributed by atoms with Crippen LogP contribution in [-0.4, -0.2) is 47.8 Å². The summed E-state index contributed by atoms with van der Waals surface area (Å²) in [6.45, 7) is 4.05. The van der Waals surface area contributed by atoms with Crippen LogP contribution in [0.5, 0.6) is 0 Å². The van der Waals surface area contributed by atoms with Gasteiger partial charge in [0.1, 0.15) is 6.10 Å². The molecule has 0 aliphatic rings. The lowest BCUT2D eigenvalue weighted by atomic mass is 9.98. The first-order valence-corrected chi connectivity index (χ1v) is 23.4. The van der Waals surface area contributed by atoms with E-state index in [0.717, 1.165) is 44.9 Å². The zero-order chi connectivity index (χ0) is 41.0. The van der Waals surface area contributed by atoms with Crippen molar-refractivity contribution in [3.63, 3.8) is 0 Å². The van der Waals surface area contributed by atoms with Gasteiger partial charge in [0.25, 0.3) is 0 Å². The molecule has 0 fully saturated rings. The van der Waals surface area contributed by atoms with Gasteiger partial charge >= 0.3 is 11.9 Å². The van der Waals surface area contributed by atoms with Gasteiger partial charge in [-0.05, 0) is 43.5 Å². The van der Waals surface area contributed by atoms with E-state index in [0.29, 0.717) is 24.0 Å². The molecule has 0 saturated carbocycles. The van der Waals surface area contributed by atoms with Gasteiger partial charge in [-0.2, -0.15) is 0 Å². The van der Waals surface area contributed by atoms with Crippen molar-refractivity contribution < 1.29 is 29.0 Å². The maximum absolute atomic E-state index is 13.5. The molecule has 0 unspecified atom stereocenters. The lowest BCUT2D eigenvalue weighted by Gasteiger charge is -2.33. The second-order valence-electron chi connectivity index (χ2n) is 16.3. The Labute approximate surface area is 347 Å². The predicted molar refractivity (Wildman–Crippen MR) is 236 cm³/mol. The first-order valence-electron chi connectivity index (χ1n) is 23.4. The Morgan fingerprint density at radius 2 is 0.842 bits per heavy atom. The summed E-state index contributed by atoms with van der Waals surface area (Å²) in [5, 5.41) is 13.6. The Kier molecular flexibility index (Phi) is 30.5. The van der Waals surface area contributed by atoms with Crippen LogP contribution in [0, 0.1) is 0 Å². The Morgan fingerprint density at radius 3 is 1.23 bits per heavy atom. The molecule has 2 aromatic rings. The van der Waals surface area contributed by atoms with Crippen LogP contribution in [0.1, 0.15) is 221 Å². The highest BCUT2D eigenvalue weighted by Gasteiger charge is 2.36. The number of carbonyl (C=O) groups excluding carboxylic acids is 3. The molecule has 2 rings (SSSR count). The van der Waals surface area contributed by atoms with E-state index in [1.54, 1.807) is 48.5 Å². The minimum absolute atomic E-state index is 0.206. The zero-order valence-corrected chi connectivity index (χ0v) is 36.2. The van der Waals surface area contributed by atoms with Crippen molar-refractivity contribution in [2.45, 2.75) is 218 Å². The molecule has 7 heteroatoms. The van der Waals surface area contributed by atoms with Gasteiger partial charge in [-0.1, -0.05) is 211 Å². The van der Waals surface area contributed by atoms with E-state index in [9.17, 15) is 19.5 Å². The summed E-state index contributed by atoms with van der Waals surface area (Å²) in [5.41, 5.74) is 0.741. The number of benzene rings is 2. The number of hydrogen-bond donors (Lipinski definition) is 2. The van der Waals surface area contributed by atoms with Crippen LogP contribution in [-0.2, 0) is 14.3 Å². The number of nitrogens with one attached hydrogen (secondary N) is 1. The highest BCUT2D eigenvalue weighted by molar-refractivity contribution is 5.90. The van der Waals surface area contributed by atoms with Crippen molar-refractivity contribution >= 4 is 17.8 Å². The molecule has 7 nitrogen and oxygen atoms in total. The van der Waals surface area contributed by atoms with Crippen LogP contribution in [0.4, 0.5) is 0 Å². The molecule has 0 spiro atoms. The molecule has 0 aliphatic heterocycles. The highest BCUT2D eigenvalue weighted by Crippen LogP contribution is 2.22. The number of aliphatic hydroxyl groups excluding tert-OH is 1. The van der Waals surface area contributed by atoms with E-state index in [2.05, 4.69) is 19.2 Å². The molecule has 3 atom stereocenters. The van der Waals surface area contributed by atoms with Crippen molar-refractivity contribution in [1.29, 1.82) is 0 Å². The normalized spacial score (nSPS) is 12.8. The largest absolute Gasteiger partial charge is 0.455 e. The third-order valence-corrected chi connectivity index (χ3v) is 11.2. The maximum atomic E-state index is 13.5. The van der Waals surface area contributed by atoms with Crippen LogP contribution in [0.25, 0.3) is 0 Å². The van der Waals surface area contributed by atoms with Crippen LogP contribution in [0.2, 0.25) is 0 Å². The molecule has 0 heterocycles. The number of unbranched alkanes of at least 4 members (excludes halogenated alkanes) is 25. The van der Waals surface area contributed by atoms with Gasteiger partial charge in [0.05, 0.1) is 23.8 Å². The molecule has 1 amide bonds. The molecular weight excluding hydrogens is 711 g/mol. The molecule has 0 saturated heterocycles. The first kappa shape index (κ1) is 50.0. The molecule has 0 bridgehead atoms. The number of aliphatic hydroxyl groups is 1. The molecular formula is C50H81NO6. The quantitative estimate of drug-likeness (QED) is 0.0522. The zero-order valence-electron chi connectivity index (χ0n) is 36.2. The van der Waals surface area contributed by atoms with E-state index in [-0.39, 0.29) is 5.91 Å². The minimum Gasteiger partial charge on any atom is -0.455 e. The predicted octanol–water partition coefficient (Wildman–Crippen LogP) is 13.3. The average Bonchev–Trinajstić information content (AvgIpc) is 3.23. The Balaban J connectivity index is 1.93. The molecule has 2 aromatic carbocycles. The van der Waals surface area contributed by atoms with Gasteiger partial charge in [0.15, 0.2) is 6.10 Å². The number of amides is 1. The standard InChI is InChI=1S/C50H81NO6/c1-3-5-7-9-11-13-15-17-18-19-21-23-25-27-35-41-47(53)51-45(42-52)48(57-50(55)44-38-32-29-33-39-44)46(56-49(54)43-36-30-28-31-37-43)40-34-26-24-22-20-16-14-12-10-8-6-4-2/h28-33,36-39,45-46,48,52H,3-27,34-35,40-42H2,1-2H3,(H,51,53)/t45-,46+,48-/m0/s1. The van der Waals surface area contributed by atoms with Crippen molar-refractivity contribution in [2.75, 3.05) is 6.61 Å². The van der Waals surface area contributed by atoms with Gasteiger partial charge in [0.2, 0.25) is 5.91 Å². The third-order valence-electron chi connectivity index (χ3n) is 11.2. The number of rotatable bonds is 37. The molecule has 322 valence electrons. The van der Waals surface area contributed by atoms with Crippen molar-refractivity contribution in [3.8, 4) is 0 Å². The number of ether oxygens (including phenoxy) is 2. The lowest BCUT2D eigenvalue weighted by molar-refractivity contribution is -0.124. The third kappa shape index (κ3) is 25.0. The van der Waals surface area contributed by atoms with Gasteiger partial charge < -0.3 is 19.9 Å². The minimum atomic E-state index is -1.08. The van der Waals surface area contributed by atoms with Crippen molar-refractivity contribution in [1.82, 2.24) is 5.32 Å². The second kappa shape index (κ2) is 34.8. The fourth-order valence-electron chi connectivity index (χ4n) is 7.61. The number of carbonyl (C=O) groups is 3. The van der Waals surface area contributed by atoms with E-state index >= 15 is 0 Å². The average molecular weight is 792 g/mol. The summed E-state index contributed by atoms with van der Waals surface area (Å²) in [4.78, 5) is 40.2. The van der Waals surface area contributed by atoms with E-state index in [1.807, 2.05) is 12.1 Å². The smallest absolute Gasteiger partial charge is 0.338 e. The van der Waals surface area contributed by atoms with Gasteiger partial charge in [-0.15, -0.1) is 0 Å². The molecule has 0 aliphatic carbocycles. The van der Waals surface area contributed by atoms with Crippen LogP contribution < -0.4 is 5.32 Å². The molecule has 0 aromatic heterocycles. The molecule has 57 heavy (non-hydrogen) atoms. The lowest BCUT2D eigenvalue weighted by Crippen LogP contribution is -2.53.